The number of rotatable bonds is 4. The number of benzene rings is 1. The van der Waals surface area contributed by atoms with Gasteiger partial charge < -0.3 is 10.2 Å². The molecule has 2 N–H and O–H groups in total. The van der Waals surface area contributed by atoms with Crippen molar-refractivity contribution in [1.82, 2.24) is 0 Å². The Labute approximate surface area is 130 Å². The summed E-state index contributed by atoms with van der Waals surface area (Å²) in [4.78, 5) is 24.1. The number of carboxylic acids is 1. The molecule has 5 unspecified atom stereocenters. The summed E-state index contributed by atoms with van der Waals surface area (Å²) >= 11 is 0. The molecule has 4 nitrogen and oxygen atoms in total. The highest BCUT2D eigenvalue weighted by Crippen LogP contribution is 2.69. The molecule has 5 atom stereocenters. The number of carbonyl (C=O) groups excluding carboxylic acids is 1. The van der Waals surface area contributed by atoms with Gasteiger partial charge in [0, 0.05) is 11.8 Å². The molecule has 22 heavy (non-hydrogen) atoms. The van der Waals surface area contributed by atoms with Gasteiger partial charge >= 0.3 is 5.97 Å². The highest BCUT2D eigenvalue weighted by atomic mass is 16.4. The van der Waals surface area contributed by atoms with E-state index >= 15 is 0 Å². The highest BCUT2D eigenvalue weighted by molar-refractivity contribution is 5.99. The second-order valence-electron chi connectivity index (χ2n) is 6.83. The number of aryl methyl sites for hydroxylation is 2. The molecule has 118 valence electrons. The van der Waals surface area contributed by atoms with Gasteiger partial charge in [0.25, 0.3) is 0 Å². The van der Waals surface area contributed by atoms with E-state index < -0.39 is 29.3 Å². The van der Waals surface area contributed by atoms with Crippen LogP contribution in [0.3, 0.4) is 0 Å². The fraction of sp³-hybridized carbons (Fsp3) is 0.556. The van der Waals surface area contributed by atoms with Gasteiger partial charge in [-0.1, -0.05) is 30.7 Å². The Bertz CT molecular complexity index is 650. The molecule has 0 aliphatic heterocycles. The highest BCUT2D eigenvalue weighted by Gasteiger charge is 2.76. The first kappa shape index (κ1) is 15.2. The van der Waals surface area contributed by atoms with Crippen LogP contribution in [0.15, 0.2) is 18.2 Å². The minimum atomic E-state index is -0.866. The average molecular weight is 302 g/mol. The van der Waals surface area contributed by atoms with Gasteiger partial charge in [-0.05, 0) is 43.7 Å². The Morgan fingerprint density at radius 1 is 1.41 bits per heavy atom. The number of hydrogen-bond donors (Lipinski definition) is 2. The molecule has 2 aliphatic carbocycles. The van der Waals surface area contributed by atoms with Crippen LogP contribution in [-0.4, -0.2) is 22.0 Å². The largest absolute Gasteiger partial charge is 0.481 e. The van der Waals surface area contributed by atoms with E-state index in [1.165, 1.54) is 0 Å². The summed E-state index contributed by atoms with van der Waals surface area (Å²) in [7, 11) is 0. The number of aliphatic hydroxyl groups excluding tert-OH is 1. The molecule has 2 saturated carbocycles. The Morgan fingerprint density at radius 3 is 2.59 bits per heavy atom. The normalized spacial score (nSPS) is 34.4. The molecule has 0 amide bonds. The van der Waals surface area contributed by atoms with Crippen LogP contribution < -0.4 is 0 Å². The Balaban J connectivity index is 1.84. The SMILES string of the molecule is CCC1(C(=O)O)C2CC(C(O)c3cc(C)ccc3C)C(=O)C21. The maximum absolute atomic E-state index is 12.6. The van der Waals surface area contributed by atoms with Crippen LogP contribution in [0.5, 0.6) is 0 Å². The number of carboxylic acid groups (broad SMARTS) is 1. The van der Waals surface area contributed by atoms with E-state index in [1.54, 1.807) is 0 Å². The van der Waals surface area contributed by atoms with E-state index in [2.05, 4.69) is 0 Å². The molecule has 0 heterocycles. The lowest BCUT2D eigenvalue weighted by Gasteiger charge is -2.24. The van der Waals surface area contributed by atoms with E-state index in [-0.39, 0.29) is 11.7 Å². The van der Waals surface area contributed by atoms with Crippen molar-refractivity contribution in [2.75, 3.05) is 0 Å². The summed E-state index contributed by atoms with van der Waals surface area (Å²) < 4.78 is 0. The monoisotopic (exact) mass is 302 g/mol. The van der Waals surface area contributed by atoms with Crippen molar-refractivity contribution in [3.63, 3.8) is 0 Å². The van der Waals surface area contributed by atoms with Gasteiger partial charge in [0.1, 0.15) is 5.78 Å². The predicted molar refractivity (Wildman–Crippen MR) is 81.3 cm³/mol. The minimum absolute atomic E-state index is 0.0670. The Hall–Kier alpha value is -1.68. The van der Waals surface area contributed by atoms with Gasteiger partial charge in [-0.25, -0.2) is 0 Å². The standard InChI is InChI=1S/C18H22O4/c1-4-18(17(21)22)13-8-12(16(20)14(13)18)15(19)11-7-9(2)5-6-10(11)3/h5-7,12-15,19H,4,8H2,1-3H3,(H,21,22). The first-order chi connectivity index (χ1) is 10.3. The summed E-state index contributed by atoms with van der Waals surface area (Å²) in [6.07, 6.45) is 0.136. The fourth-order valence-corrected chi connectivity index (χ4v) is 4.44. The molecule has 0 aromatic heterocycles. The van der Waals surface area contributed by atoms with E-state index in [0.29, 0.717) is 12.8 Å². The Kier molecular flexibility index (Phi) is 3.40. The molecule has 0 bridgehead atoms. The number of aliphatic hydroxyl groups is 1. The average Bonchev–Trinajstić information content (AvgIpc) is 3.02. The molecule has 0 spiro atoms. The maximum atomic E-state index is 12.6. The van der Waals surface area contributed by atoms with Gasteiger partial charge in [0.05, 0.1) is 11.5 Å². The second kappa shape index (κ2) is 4.92. The van der Waals surface area contributed by atoms with Crippen LogP contribution in [0.4, 0.5) is 0 Å². The van der Waals surface area contributed by atoms with E-state index in [1.807, 2.05) is 39.0 Å². The third-order valence-electron chi connectivity index (χ3n) is 5.81. The molecule has 1 aromatic carbocycles. The Morgan fingerprint density at radius 2 is 2.09 bits per heavy atom. The van der Waals surface area contributed by atoms with E-state index in [4.69, 9.17) is 0 Å². The smallest absolute Gasteiger partial charge is 0.310 e. The molecule has 4 heteroatoms. The zero-order valence-corrected chi connectivity index (χ0v) is 13.2. The van der Waals surface area contributed by atoms with Crippen LogP contribution >= 0.6 is 0 Å². The summed E-state index contributed by atoms with van der Waals surface area (Å²) in [5.74, 6) is -1.90. The van der Waals surface area contributed by atoms with Crippen LogP contribution in [0, 0.1) is 37.0 Å². The van der Waals surface area contributed by atoms with Crippen molar-refractivity contribution < 1.29 is 19.8 Å². The lowest BCUT2D eigenvalue weighted by molar-refractivity contribution is -0.147. The lowest BCUT2D eigenvalue weighted by Crippen LogP contribution is -2.30. The number of carbonyl (C=O) groups is 2. The summed E-state index contributed by atoms with van der Waals surface area (Å²) in [5, 5.41) is 20.1. The topological polar surface area (TPSA) is 74.6 Å². The van der Waals surface area contributed by atoms with Gasteiger partial charge in [0.2, 0.25) is 0 Å². The van der Waals surface area contributed by atoms with E-state index in [0.717, 1.165) is 16.7 Å². The number of ketones is 1. The van der Waals surface area contributed by atoms with E-state index in [9.17, 15) is 19.8 Å². The number of aliphatic carboxylic acids is 1. The summed E-state index contributed by atoms with van der Waals surface area (Å²) in [6, 6.07) is 5.84. The van der Waals surface area contributed by atoms with Crippen molar-refractivity contribution in [3.05, 3.63) is 34.9 Å². The van der Waals surface area contributed by atoms with Crippen LogP contribution in [0.25, 0.3) is 0 Å². The van der Waals surface area contributed by atoms with Gasteiger partial charge in [-0.2, -0.15) is 0 Å². The molecule has 0 saturated heterocycles. The maximum Gasteiger partial charge on any atom is 0.310 e. The van der Waals surface area contributed by atoms with Crippen molar-refractivity contribution >= 4 is 11.8 Å². The second-order valence-corrected chi connectivity index (χ2v) is 6.83. The molecule has 3 rings (SSSR count). The summed E-state index contributed by atoms with van der Waals surface area (Å²) in [6.45, 7) is 5.71. The third-order valence-corrected chi connectivity index (χ3v) is 5.81. The third kappa shape index (κ3) is 1.86. The molecule has 2 aliphatic rings. The van der Waals surface area contributed by atoms with Gasteiger partial charge in [-0.15, -0.1) is 0 Å². The lowest BCUT2D eigenvalue weighted by atomic mass is 9.82. The van der Waals surface area contributed by atoms with Crippen molar-refractivity contribution in [2.24, 2.45) is 23.2 Å². The van der Waals surface area contributed by atoms with Crippen molar-refractivity contribution in [1.29, 1.82) is 0 Å². The van der Waals surface area contributed by atoms with Crippen LogP contribution in [0.1, 0.15) is 42.6 Å². The molecule has 1 aromatic rings. The van der Waals surface area contributed by atoms with Crippen molar-refractivity contribution in [2.45, 2.75) is 39.7 Å². The van der Waals surface area contributed by atoms with Gasteiger partial charge in [-0.3, -0.25) is 9.59 Å². The first-order valence-electron chi connectivity index (χ1n) is 7.87. The van der Waals surface area contributed by atoms with Crippen molar-refractivity contribution in [3.8, 4) is 0 Å². The predicted octanol–water partition coefficient (Wildman–Crippen LogP) is 2.65. The quantitative estimate of drug-likeness (QED) is 0.896. The first-order valence-corrected chi connectivity index (χ1v) is 7.87. The van der Waals surface area contributed by atoms with Crippen LogP contribution in [-0.2, 0) is 9.59 Å². The molecule has 2 fully saturated rings. The number of fused-ring (bicyclic) bond motifs is 1. The molecular weight excluding hydrogens is 280 g/mol. The van der Waals surface area contributed by atoms with Gasteiger partial charge in [0.15, 0.2) is 0 Å². The molecule has 0 radical (unpaired) electrons. The zero-order chi connectivity index (χ0) is 16.2. The summed E-state index contributed by atoms with van der Waals surface area (Å²) in [5.41, 5.74) is 1.93. The number of Topliss-reactive ketones (excluding diaryl/α,β-unsaturated/α-hetero) is 1. The fourth-order valence-electron chi connectivity index (χ4n) is 4.44. The molecular formula is C18H22O4. The minimum Gasteiger partial charge on any atom is -0.481 e. The number of hydrogen-bond acceptors (Lipinski definition) is 3. The van der Waals surface area contributed by atoms with Crippen LogP contribution in [0.2, 0.25) is 0 Å². The zero-order valence-electron chi connectivity index (χ0n) is 13.2.